The lowest BCUT2D eigenvalue weighted by atomic mass is 9.91. The maximum absolute atomic E-state index is 12.3. The molecule has 1 aromatic rings. The number of nitrogens with zero attached hydrogens (tertiary/aromatic N) is 3. The third kappa shape index (κ3) is 8.29. The van der Waals surface area contributed by atoms with Crippen molar-refractivity contribution in [2.45, 2.75) is 39.8 Å². The summed E-state index contributed by atoms with van der Waals surface area (Å²) in [6.45, 7) is 5.81. The summed E-state index contributed by atoms with van der Waals surface area (Å²) >= 11 is 0. The first kappa shape index (κ1) is 20.4. The molecule has 0 amide bonds. The molecule has 0 bridgehead atoms. The van der Waals surface area contributed by atoms with Crippen LogP contribution in [0.3, 0.4) is 0 Å². The first-order valence-electron chi connectivity index (χ1n) is 8.16. The fourth-order valence-electron chi connectivity index (χ4n) is 2.72. The molecule has 0 N–H and O–H groups in total. The summed E-state index contributed by atoms with van der Waals surface area (Å²) in [5, 5.41) is 0. The van der Waals surface area contributed by atoms with E-state index in [9.17, 15) is 18.0 Å². The number of allylic oxidation sites excluding steroid dienone is 1. The minimum Gasteiger partial charge on any atom is -0.291 e. The summed E-state index contributed by atoms with van der Waals surface area (Å²) < 4.78 is 38.3. The van der Waals surface area contributed by atoms with E-state index in [1.165, 1.54) is 22.7 Å². The van der Waals surface area contributed by atoms with Gasteiger partial charge in [-0.3, -0.25) is 14.3 Å². The zero-order valence-electron chi connectivity index (χ0n) is 14.5. The van der Waals surface area contributed by atoms with Crippen LogP contribution in [0.2, 0.25) is 0 Å². The van der Waals surface area contributed by atoms with Crippen molar-refractivity contribution < 1.29 is 18.0 Å². The molecule has 136 valence electrons. The molecule has 0 radical (unpaired) electrons. The van der Waals surface area contributed by atoms with Crippen molar-refractivity contribution in [3.63, 3.8) is 0 Å². The first-order valence-corrected chi connectivity index (χ1v) is 8.16. The molecule has 0 aliphatic carbocycles. The van der Waals surface area contributed by atoms with Gasteiger partial charge in [-0.25, -0.2) is 4.98 Å². The lowest BCUT2D eigenvalue weighted by molar-refractivity contribution is -0.146. The summed E-state index contributed by atoms with van der Waals surface area (Å²) in [5.74, 6) is 0.850. The lowest BCUT2D eigenvalue weighted by Crippen LogP contribution is -2.38. The van der Waals surface area contributed by atoms with Crippen LogP contribution in [0.5, 0.6) is 0 Å². The Labute approximate surface area is 141 Å². The number of aromatic nitrogens is 2. The van der Waals surface area contributed by atoms with E-state index in [-0.39, 0.29) is 5.91 Å². The number of imidazole rings is 1. The second-order valence-electron chi connectivity index (χ2n) is 6.24. The SMILES string of the molecule is CC(=O)n1ccnc1.CCC1/C=C\CN(CC(F)(F)F)CC(C)C1. The molecule has 0 saturated carbocycles. The number of carbonyl (C=O) groups excluding carboxylic acids is 1. The van der Waals surface area contributed by atoms with Gasteiger partial charge in [0.15, 0.2) is 0 Å². The predicted octanol–water partition coefficient (Wildman–Crippen LogP) is 4.02. The average molecular weight is 345 g/mol. The predicted molar refractivity (Wildman–Crippen MR) is 87.7 cm³/mol. The number of carbonyl (C=O) groups is 1. The Morgan fingerprint density at radius 2 is 2.08 bits per heavy atom. The summed E-state index contributed by atoms with van der Waals surface area (Å²) in [4.78, 5) is 15.6. The smallest absolute Gasteiger partial charge is 0.291 e. The Bertz CT molecular complexity index is 512. The molecular formula is C17H26F3N3O. The third-order valence-corrected chi connectivity index (χ3v) is 3.84. The highest BCUT2D eigenvalue weighted by Gasteiger charge is 2.31. The molecule has 1 aliphatic heterocycles. The molecule has 4 nitrogen and oxygen atoms in total. The number of hydrogen-bond donors (Lipinski definition) is 0. The van der Waals surface area contributed by atoms with Gasteiger partial charge in [0.1, 0.15) is 6.33 Å². The number of hydrogen-bond acceptors (Lipinski definition) is 3. The van der Waals surface area contributed by atoms with Gasteiger partial charge in [-0.15, -0.1) is 0 Å². The van der Waals surface area contributed by atoms with E-state index < -0.39 is 12.7 Å². The van der Waals surface area contributed by atoms with Crippen LogP contribution in [-0.2, 0) is 0 Å². The van der Waals surface area contributed by atoms with Gasteiger partial charge in [0, 0.05) is 32.4 Å². The van der Waals surface area contributed by atoms with Crippen LogP contribution in [0.25, 0.3) is 0 Å². The summed E-state index contributed by atoms with van der Waals surface area (Å²) in [5.41, 5.74) is 0. The summed E-state index contributed by atoms with van der Waals surface area (Å²) in [6.07, 6.45) is 6.58. The zero-order chi connectivity index (χ0) is 18.2. The molecular weight excluding hydrogens is 319 g/mol. The Morgan fingerprint density at radius 1 is 1.38 bits per heavy atom. The average Bonchev–Trinajstić information content (AvgIpc) is 2.97. The van der Waals surface area contributed by atoms with Gasteiger partial charge in [0.2, 0.25) is 5.91 Å². The molecule has 24 heavy (non-hydrogen) atoms. The Kier molecular flexibility index (Phi) is 8.18. The number of rotatable bonds is 2. The van der Waals surface area contributed by atoms with Crippen LogP contribution in [0.1, 0.15) is 38.4 Å². The Hall–Kier alpha value is -1.63. The van der Waals surface area contributed by atoms with Crippen molar-refractivity contribution in [2.75, 3.05) is 19.6 Å². The molecule has 2 rings (SSSR count). The quantitative estimate of drug-likeness (QED) is 0.760. The van der Waals surface area contributed by atoms with Crippen LogP contribution in [-0.4, -0.2) is 46.2 Å². The fourth-order valence-corrected chi connectivity index (χ4v) is 2.72. The van der Waals surface area contributed by atoms with E-state index in [1.54, 1.807) is 12.4 Å². The van der Waals surface area contributed by atoms with Gasteiger partial charge in [-0.05, 0) is 24.7 Å². The Balaban J connectivity index is 0.000000300. The van der Waals surface area contributed by atoms with Gasteiger partial charge in [0.05, 0.1) is 6.54 Å². The van der Waals surface area contributed by atoms with Gasteiger partial charge in [-0.1, -0.05) is 26.0 Å². The van der Waals surface area contributed by atoms with Crippen molar-refractivity contribution in [1.29, 1.82) is 0 Å². The standard InChI is InChI=1S/C12H20F3N.C5H6N2O/c1-3-11-5-4-6-16(8-10(2)7-11)9-12(13,14)15;1-5(8)7-3-2-6-4-7/h4-5,10-11H,3,6-9H2,1-2H3;2-4H,1H3/b5-4-;. The molecule has 2 unspecified atom stereocenters. The van der Waals surface area contributed by atoms with Gasteiger partial charge in [-0.2, -0.15) is 13.2 Å². The maximum atomic E-state index is 12.3. The summed E-state index contributed by atoms with van der Waals surface area (Å²) in [6, 6.07) is 0. The fraction of sp³-hybridized carbons (Fsp3) is 0.647. The highest BCUT2D eigenvalue weighted by Crippen LogP contribution is 2.23. The second kappa shape index (κ2) is 9.61. The maximum Gasteiger partial charge on any atom is 0.401 e. The minimum atomic E-state index is -4.09. The van der Waals surface area contributed by atoms with Crippen molar-refractivity contribution in [3.05, 3.63) is 30.9 Å². The number of alkyl halides is 3. The van der Waals surface area contributed by atoms with E-state index in [0.717, 1.165) is 12.8 Å². The zero-order valence-corrected chi connectivity index (χ0v) is 14.5. The highest BCUT2D eigenvalue weighted by molar-refractivity contribution is 5.75. The largest absolute Gasteiger partial charge is 0.401 e. The van der Waals surface area contributed by atoms with Crippen LogP contribution in [0.4, 0.5) is 13.2 Å². The topological polar surface area (TPSA) is 38.1 Å². The van der Waals surface area contributed by atoms with Crippen LogP contribution in [0.15, 0.2) is 30.9 Å². The molecule has 0 fully saturated rings. The van der Waals surface area contributed by atoms with Gasteiger partial charge in [0.25, 0.3) is 0 Å². The third-order valence-electron chi connectivity index (χ3n) is 3.84. The molecule has 0 saturated heterocycles. The van der Waals surface area contributed by atoms with Crippen LogP contribution < -0.4 is 0 Å². The van der Waals surface area contributed by atoms with Crippen LogP contribution >= 0.6 is 0 Å². The highest BCUT2D eigenvalue weighted by atomic mass is 19.4. The first-order chi connectivity index (χ1) is 11.2. The lowest BCUT2D eigenvalue weighted by Gasteiger charge is -2.29. The van der Waals surface area contributed by atoms with E-state index in [1.807, 2.05) is 13.0 Å². The second-order valence-corrected chi connectivity index (χ2v) is 6.24. The van der Waals surface area contributed by atoms with Crippen molar-refractivity contribution >= 4 is 5.91 Å². The summed E-state index contributed by atoms with van der Waals surface area (Å²) in [7, 11) is 0. The van der Waals surface area contributed by atoms with E-state index in [2.05, 4.69) is 18.0 Å². The van der Waals surface area contributed by atoms with Crippen molar-refractivity contribution in [3.8, 4) is 0 Å². The normalized spacial score (nSPS) is 23.6. The van der Waals surface area contributed by atoms with Gasteiger partial charge < -0.3 is 0 Å². The van der Waals surface area contributed by atoms with Crippen molar-refractivity contribution in [2.24, 2.45) is 11.8 Å². The molecule has 2 heterocycles. The molecule has 1 aromatic heterocycles. The van der Waals surface area contributed by atoms with E-state index in [0.29, 0.717) is 24.9 Å². The molecule has 1 aliphatic rings. The molecule has 2 atom stereocenters. The van der Waals surface area contributed by atoms with Crippen LogP contribution in [0, 0.1) is 11.8 Å². The molecule has 7 heteroatoms. The van der Waals surface area contributed by atoms with E-state index in [4.69, 9.17) is 0 Å². The van der Waals surface area contributed by atoms with Gasteiger partial charge >= 0.3 is 6.18 Å². The van der Waals surface area contributed by atoms with E-state index >= 15 is 0 Å². The molecule has 0 aromatic carbocycles. The monoisotopic (exact) mass is 345 g/mol. The number of halogens is 3. The molecule has 0 spiro atoms. The van der Waals surface area contributed by atoms with Crippen molar-refractivity contribution in [1.82, 2.24) is 14.5 Å². The Morgan fingerprint density at radius 3 is 2.54 bits per heavy atom. The minimum absolute atomic E-state index is 0.0116.